The van der Waals surface area contributed by atoms with E-state index in [0.717, 1.165) is 11.1 Å². The fourth-order valence-electron chi connectivity index (χ4n) is 0.993. The van der Waals surface area contributed by atoms with Crippen LogP contribution in [0.5, 0.6) is 0 Å². The number of aliphatic hydroxyl groups is 1. The minimum Gasteiger partial charge on any atom is -0.389 e. The molecule has 1 aromatic rings. The molecule has 0 aliphatic rings. The van der Waals surface area contributed by atoms with Crippen LogP contribution in [-0.4, -0.2) is 5.11 Å². The van der Waals surface area contributed by atoms with Crippen LogP contribution in [0.4, 0.5) is 0 Å². The van der Waals surface area contributed by atoms with Crippen molar-refractivity contribution >= 4 is 0 Å². The molecule has 0 amide bonds. The van der Waals surface area contributed by atoms with Crippen molar-refractivity contribution in [1.82, 2.24) is 0 Å². The summed E-state index contributed by atoms with van der Waals surface area (Å²) in [5.41, 5.74) is 1.58. The van der Waals surface area contributed by atoms with Crippen LogP contribution in [0.25, 0.3) is 0 Å². The Morgan fingerprint density at radius 3 is 2.55 bits per heavy atom. The smallest absolute Gasteiger partial charge is 0.0773 e. The molecule has 0 aliphatic carbocycles. The largest absolute Gasteiger partial charge is 0.389 e. The van der Waals surface area contributed by atoms with E-state index >= 15 is 0 Å². The Morgan fingerprint density at radius 1 is 1.45 bits per heavy atom. The maximum absolute atomic E-state index is 9.24. The average Bonchev–Trinajstić information content (AvgIpc) is 2.04. The summed E-state index contributed by atoms with van der Waals surface area (Å²) >= 11 is 0. The Labute approximate surface area is 66.7 Å². The highest BCUT2D eigenvalue weighted by Gasteiger charge is 2.03. The van der Waals surface area contributed by atoms with E-state index in [1.165, 1.54) is 0 Å². The average molecular weight is 146 g/mol. The van der Waals surface area contributed by atoms with Gasteiger partial charge in [0, 0.05) is 5.56 Å². The van der Waals surface area contributed by atoms with E-state index in [0.29, 0.717) is 0 Å². The zero-order valence-corrected chi connectivity index (χ0v) is 6.41. The van der Waals surface area contributed by atoms with Crippen molar-refractivity contribution in [3.63, 3.8) is 0 Å². The lowest BCUT2D eigenvalue weighted by Crippen LogP contribution is -1.93. The molecular weight excluding hydrogens is 136 g/mol. The Hall–Kier alpha value is -1.26. The van der Waals surface area contributed by atoms with Crippen molar-refractivity contribution in [2.24, 2.45) is 0 Å². The first-order valence-electron chi connectivity index (χ1n) is 3.49. The molecule has 0 radical (unpaired) electrons. The zero-order chi connectivity index (χ0) is 8.27. The molecule has 0 saturated heterocycles. The summed E-state index contributed by atoms with van der Waals surface area (Å²) in [6.45, 7) is 1.70. The molecule has 0 bridgehead atoms. The number of hydrogen-bond acceptors (Lipinski definition) is 1. The number of hydrogen-bond donors (Lipinski definition) is 1. The molecule has 0 saturated carbocycles. The summed E-state index contributed by atoms with van der Waals surface area (Å²) in [4.78, 5) is 0. The van der Waals surface area contributed by atoms with Crippen LogP contribution in [0, 0.1) is 12.3 Å². The Balaban J connectivity index is 3.15. The molecule has 1 atom stereocenters. The molecule has 1 nitrogen and oxygen atoms in total. The summed E-state index contributed by atoms with van der Waals surface area (Å²) in [7, 11) is 0. The number of aliphatic hydroxyl groups excluding tert-OH is 1. The van der Waals surface area contributed by atoms with Crippen molar-refractivity contribution in [1.29, 1.82) is 0 Å². The van der Waals surface area contributed by atoms with Crippen LogP contribution in [0.3, 0.4) is 0 Å². The van der Waals surface area contributed by atoms with Gasteiger partial charge in [0.1, 0.15) is 0 Å². The summed E-state index contributed by atoms with van der Waals surface area (Å²) in [5.74, 6) is 2.52. The summed E-state index contributed by atoms with van der Waals surface area (Å²) in [5, 5.41) is 9.24. The van der Waals surface area contributed by atoms with E-state index in [4.69, 9.17) is 6.42 Å². The van der Waals surface area contributed by atoms with Crippen LogP contribution in [0.1, 0.15) is 24.2 Å². The molecule has 0 spiro atoms. The van der Waals surface area contributed by atoms with Crippen molar-refractivity contribution in [3.05, 3.63) is 35.4 Å². The molecule has 1 heteroatoms. The number of rotatable bonds is 1. The second kappa shape index (κ2) is 3.23. The first-order chi connectivity index (χ1) is 5.25. The molecule has 0 aromatic heterocycles. The highest BCUT2D eigenvalue weighted by Crippen LogP contribution is 2.15. The second-order valence-electron chi connectivity index (χ2n) is 2.41. The maximum atomic E-state index is 9.24. The summed E-state index contributed by atoms with van der Waals surface area (Å²) < 4.78 is 0. The van der Waals surface area contributed by atoms with Crippen LogP contribution < -0.4 is 0 Å². The van der Waals surface area contributed by atoms with E-state index < -0.39 is 6.10 Å². The molecule has 56 valence electrons. The summed E-state index contributed by atoms with van der Waals surface area (Å²) in [6.07, 6.45) is 4.74. The van der Waals surface area contributed by atoms with Crippen LogP contribution >= 0.6 is 0 Å². The van der Waals surface area contributed by atoms with Crippen LogP contribution in [0.15, 0.2) is 24.3 Å². The Bertz CT molecular complexity index is 281. The first kappa shape index (κ1) is 7.84. The molecule has 0 fully saturated rings. The molecule has 11 heavy (non-hydrogen) atoms. The predicted octanol–water partition coefficient (Wildman–Crippen LogP) is 1.72. The number of benzene rings is 1. The molecule has 1 unspecified atom stereocenters. The number of terminal acetylenes is 1. The lowest BCUT2D eigenvalue weighted by atomic mass is 10.0. The van der Waals surface area contributed by atoms with Gasteiger partial charge in [0.25, 0.3) is 0 Å². The van der Waals surface area contributed by atoms with Crippen molar-refractivity contribution in [3.8, 4) is 12.3 Å². The van der Waals surface area contributed by atoms with E-state index in [2.05, 4.69) is 5.92 Å². The molecular formula is C10H10O. The van der Waals surface area contributed by atoms with Gasteiger partial charge in [-0.15, -0.1) is 6.42 Å². The predicted molar refractivity (Wildman–Crippen MR) is 45.0 cm³/mol. The molecule has 1 aromatic carbocycles. The van der Waals surface area contributed by atoms with Gasteiger partial charge in [0.15, 0.2) is 0 Å². The molecule has 0 aliphatic heterocycles. The standard InChI is InChI=1S/C10H10O/c1-3-9-6-4-5-7-10(9)8(2)11/h1,4-8,11H,2H3. The van der Waals surface area contributed by atoms with E-state index in [1.807, 2.05) is 24.3 Å². The van der Waals surface area contributed by atoms with Gasteiger partial charge in [-0.25, -0.2) is 0 Å². The third kappa shape index (κ3) is 1.60. The van der Waals surface area contributed by atoms with Gasteiger partial charge in [-0.3, -0.25) is 0 Å². The van der Waals surface area contributed by atoms with Gasteiger partial charge >= 0.3 is 0 Å². The van der Waals surface area contributed by atoms with Gasteiger partial charge in [-0.1, -0.05) is 24.1 Å². The first-order valence-corrected chi connectivity index (χ1v) is 3.49. The van der Waals surface area contributed by atoms with E-state index in [1.54, 1.807) is 6.92 Å². The fraction of sp³-hybridized carbons (Fsp3) is 0.200. The summed E-state index contributed by atoms with van der Waals surface area (Å²) in [6, 6.07) is 7.38. The zero-order valence-electron chi connectivity index (χ0n) is 6.41. The Kier molecular flexibility index (Phi) is 2.30. The van der Waals surface area contributed by atoms with Crippen molar-refractivity contribution in [2.45, 2.75) is 13.0 Å². The van der Waals surface area contributed by atoms with Crippen LogP contribution in [-0.2, 0) is 0 Å². The quantitative estimate of drug-likeness (QED) is 0.598. The highest BCUT2D eigenvalue weighted by atomic mass is 16.3. The van der Waals surface area contributed by atoms with Crippen LogP contribution in [0.2, 0.25) is 0 Å². The highest BCUT2D eigenvalue weighted by molar-refractivity contribution is 5.40. The van der Waals surface area contributed by atoms with Gasteiger partial charge in [0.2, 0.25) is 0 Å². The topological polar surface area (TPSA) is 20.2 Å². The normalized spacial score (nSPS) is 12.1. The molecule has 1 N–H and O–H groups in total. The molecule has 0 heterocycles. The Morgan fingerprint density at radius 2 is 2.09 bits per heavy atom. The van der Waals surface area contributed by atoms with Crippen molar-refractivity contribution < 1.29 is 5.11 Å². The second-order valence-corrected chi connectivity index (χ2v) is 2.41. The lowest BCUT2D eigenvalue weighted by molar-refractivity contribution is 0.199. The van der Waals surface area contributed by atoms with Crippen molar-refractivity contribution in [2.75, 3.05) is 0 Å². The minimum absolute atomic E-state index is 0.484. The van der Waals surface area contributed by atoms with Gasteiger partial charge in [-0.05, 0) is 18.6 Å². The van der Waals surface area contributed by atoms with Gasteiger partial charge in [0.05, 0.1) is 6.10 Å². The monoisotopic (exact) mass is 146 g/mol. The SMILES string of the molecule is C#Cc1ccccc1C(C)O. The van der Waals surface area contributed by atoms with Gasteiger partial charge in [-0.2, -0.15) is 0 Å². The molecule has 1 rings (SSSR count). The fourth-order valence-corrected chi connectivity index (χ4v) is 0.993. The lowest BCUT2D eigenvalue weighted by Gasteiger charge is -2.05. The minimum atomic E-state index is -0.484. The van der Waals surface area contributed by atoms with E-state index in [9.17, 15) is 5.11 Å². The van der Waals surface area contributed by atoms with E-state index in [-0.39, 0.29) is 0 Å². The maximum Gasteiger partial charge on any atom is 0.0773 e. The van der Waals surface area contributed by atoms with Gasteiger partial charge < -0.3 is 5.11 Å². The third-order valence-corrected chi connectivity index (χ3v) is 1.57. The third-order valence-electron chi connectivity index (χ3n) is 1.57.